The minimum Gasteiger partial charge on any atom is -0.497 e. The molecule has 8 nitrogen and oxygen atoms in total. The minimum atomic E-state index is -0.180. The summed E-state index contributed by atoms with van der Waals surface area (Å²) in [5, 5.41) is 13.3. The number of nitrogens with zero attached hydrogens (tertiary/aromatic N) is 3. The van der Waals surface area contributed by atoms with Crippen LogP contribution in [-0.2, 0) is 35.4 Å². The predicted octanol–water partition coefficient (Wildman–Crippen LogP) is 4.12. The van der Waals surface area contributed by atoms with Gasteiger partial charge in [-0.3, -0.25) is 14.6 Å². The summed E-state index contributed by atoms with van der Waals surface area (Å²) in [6.45, 7) is 1.03. The van der Waals surface area contributed by atoms with Gasteiger partial charge in [-0.05, 0) is 66.3 Å². The summed E-state index contributed by atoms with van der Waals surface area (Å²) in [6, 6.07) is 11.6. The highest BCUT2D eigenvalue weighted by atomic mass is 32.1. The number of hydrogen-bond donors (Lipinski definition) is 1. The predicted molar refractivity (Wildman–Crippen MR) is 137 cm³/mol. The van der Waals surface area contributed by atoms with Crippen molar-refractivity contribution in [3.05, 3.63) is 69.9 Å². The number of amides is 2. The van der Waals surface area contributed by atoms with E-state index in [9.17, 15) is 14.9 Å². The second-order valence-corrected chi connectivity index (χ2v) is 9.57. The molecule has 1 aliphatic heterocycles. The molecule has 0 radical (unpaired) electrons. The van der Waals surface area contributed by atoms with Crippen LogP contribution in [0.3, 0.4) is 0 Å². The number of nitrogens with one attached hydrogen (secondary N) is 1. The van der Waals surface area contributed by atoms with Gasteiger partial charge in [0.2, 0.25) is 11.8 Å². The van der Waals surface area contributed by atoms with Crippen LogP contribution in [0.25, 0.3) is 0 Å². The number of thiophene rings is 1. The number of rotatable bonds is 9. The number of pyridine rings is 1. The van der Waals surface area contributed by atoms with E-state index in [1.54, 1.807) is 26.6 Å². The molecule has 186 valence electrons. The maximum atomic E-state index is 12.8. The Morgan fingerprint density at radius 3 is 2.67 bits per heavy atom. The van der Waals surface area contributed by atoms with Gasteiger partial charge in [0.1, 0.15) is 22.6 Å². The van der Waals surface area contributed by atoms with Crippen LogP contribution in [0.2, 0.25) is 0 Å². The molecule has 3 aromatic rings. The molecule has 0 fully saturated rings. The number of carbonyl (C=O) groups is 2. The lowest BCUT2D eigenvalue weighted by Crippen LogP contribution is -2.35. The smallest absolute Gasteiger partial charge is 0.225 e. The summed E-state index contributed by atoms with van der Waals surface area (Å²) in [4.78, 5) is 32.4. The van der Waals surface area contributed by atoms with Crippen molar-refractivity contribution in [2.75, 3.05) is 26.1 Å². The second kappa shape index (κ2) is 11.7. The number of aromatic nitrogens is 1. The number of nitriles is 1. The molecule has 4 rings (SSSR count). The normalized spacial score (nSPS) is 12.4. The largest absolute Gasteiger partial charge is 0.497 e. The fourth-order valence-corrected chi connectivity index (χ4v) is 5.53. The van der Waals surface area contributed by atoms with Gasteiger partial charge in [-0.1, -0.05) is 0 Å². The molecule has 0 saturated heterocycles. The highest BCUT2D eigenvalue weighted by Gasteiger charge is 2.27. The first-order valence-corrected chi connectivity index (χ1v) is 12.6. The Morgan fingerprint density at radius 1 is 1.14 bits per heavy atom. The molecule has 2 aromatic heterocycles. The van der Waals surface area contributed by atoms with Crippen molar-refractivity contribution in [1.29, 1.82) is 5.26 Å². The Bertz CT molecular complexity index is 1280. The van der Waals surface area contributed by atoms with E-state index < -0.39 is 0 Å². The summed E-state index contributed by atoms with van der Waals surface area (Å²) in [5.41, 5.74) is 3.39. The van der Waals surface area contributed by atoms with Gasteiger partial charge in [0.05, 0.1) is 26.3 Å². The maximum Gasteiger partial charge on any atom is 0.225 e. The van der Waals surface area contributed by atoms with E-state index in [1.807, 2.05) is 35.2 Å². The molecule has 0 unspecified atom stereocenters. The molecule has 1 N–H and O–H groups in total. The van der Waals surface area contributed by atoms with Gasteiger partial charge >= 0.3 is 0 Å². The van der Waals surface area contributed by atoms with Crippen molar-refractivity contribution in [2.45, 2.75) is 38.6 Å². The molecule has 3 heterocycles. The van der Waals surface area contributed by atoms with Crippen molar-refractivity contribution in [3.8, 4) is 17.6 Å². The topological polar surface area (TPSA) is 105 Å². The van der Waals surface area contributed by atoms with Crippen molar-refractivity contribution >= 4 is 28.2 Å². The van der Waals surface area contributed by atoms with Crippen molar-refractivity contribution in [3.63, 3.8) is 0 Å². The van der Waals surface area contributed by atoms with E-state index in [2.05, 4.69) is 16.4 Å². The van der Waals surface area contributed by atoms with Gasteiger partial charge in [-0.25, -0.2) is 0 Å². The highest BCUT2D eigenvalue weighted by molar-refractivity contribution is 7.16. The molecule has 0 spiro atoms. The lowest BCUT2D eigenvalue weighted by Gasteiger charge is -2.27. The molecule has 9 heteroatoms. The van der Waals surface area contributed by atoms with E-state index in [4.69, 9.17) is 9.47 Å². The zero-order chi connectivity index (χ0) is 25.5. The van der Waals surface area contributed by atoms with Gasteiger partial charge in [0.25, 0.3) is 0 Å². The van der Waals surface area contributed by atoms with E-state index in [-0.39, 0.29) is 18.2 Å². The number of anilines is 1. The van der Waals surface area contributed by atoms with Gasteiger partial charge in [-0.2, -0.15) is 5.26 Å². The number of fused-ring (bicyclic) bond motifs is 1. The SMILES string of the molecule is COc1ccc(OC)c(CCC(=O)Nc2sc3c(c2C#N)CCN(C(=O)CCc2ccncc2)C3)c1. The Labute approximate surface area is 214 Å². The summed E-state index contributed by atoms with van der Waals surface area (Å²) >= 11 is 1.38. The third kappa shape index (κ3) is 5.83. The number of aryl methyl sites for hydroxylation is 2. The van der Waals surface area contributed by atoms with E-state index in [1.165, 1.54) is 11.3 Å². The Morgan fingerprint density at radius 2 is 1.94 bits per heavy atom. The number of carbonyl (C=O) groups excluding carboxylic acids is 2. The van der Waals surface area contributed by atoms with Crippen LogP contribution in [0.5, 0.6) is 11.5 Å². The van der Waals surface area contributed by atoms with Crippen molar-refractivity contribution < 1.29 is 19.1 Å². The third-order valence-electron chi connectivity index (χ3n) is 6.26. The summed E-state index contributed by atoms with van der Waals surface area (Å²) in [5.74, 6) is 1.30. The molecular formula is C27H28N4O4S. The highest BCUT2D eigenvalue weighted by Crippen LogP contribution is 2.37. The minimum absolute atomic E-state index is 0.0854. The maximum absolute atomic E-state index is 12.8. The Balaban J connectivity index is 1.38. The third-order valence-corrected chi connectivity index (χ3v) is 7.39. The van der Waals surface area contributed by atoms with Crippen LogP contribution >= 0.6 is 11.3 Å². The van der Waals surface area contributed by atoms with Crippen LogP contribution in [-0.4, -0.2) is 42.5 Å². The standard InChI is InChI=1S/C27H28N4O4S/c1-34-20-5-6-23(35-2)19(15-20)4-7-25(32)30-27-22(16-28)21-11-14-31(17-24(21)36-27)26(33)8-3-18-9-12-29-13-10-18/h5-6,9-10,12-13,15H,3-4,7-8,11,14,17H2,1-2H3,(H,30,32). The fraction of sp³-hybridized carbons (Fsp3) is 0.333. The lowest BCUT2D eigenvalue weighted by atomic mass is 10.0. The van der Waals surface area contributed by atoms with Gasteiger partial charge in [0, 0.05) is 36.7 Å². The van der Waals surface area contributed by atoms with Crippen LogP contribution < -0.4 is 14.8 Å². The molecule has 36 heavy (non-hydrogen) atoms. The quantitative estimate of drug-likeness (QED) is 0.470. The molecule has 1 aromatic carbocycles. The average molecular weight is 505 g/mol. The van der Waals surface area contributed by atoms with Gasteiger partial charge < -0.3 is 19.7 Å². The number of methoxy groups -OCH3 is 2. The van der Waals surface area contributed by atoms with Gasteiger partial charge in [0.15, 0.2) is 0 Å². The Kier molecular flexibility index (Phi) is 8.18. The zero-order valence-electron chi connectivity index (χ0n) is 20.4. The number of ether oxygens (including phenoxy) is 2. The molecule has 0 atom stereocenters. The lowest BCUT2D eigenvalue weighted by molar-refractivity contribution is -0.132. The number of hydrogen-bond acceptors (Lipinski definition) is 7. The summed E-state index contributed by atoms with van der Waals surface area (Å²) in [6.07, 6.45) is 5.85. The summed E-state index contributed by atoms with van der Waals surface area (Å²) < 4.78 is 10.7. The zero-order valence-corrected chi connectivity index (χ0v) is 21.2. The number of benzene rings is 1. The molecule has 2 amide bonds. The summed E-state index contributed by atoms with van der Waals surface area (Å²) in [7, 11) is 3.18. The van der Waals surface area contributed by atoms with Crippen molar-refractivity contribution in [2.24, 2.45) is 0 Å². The first-order valence-electron chi connectivity index (χ1n) is 11.7. The molecule has 0 aliphatic carbocycles. The van der Waals surface area contributed by atoms with Gasteiger partial charge in [-0.15, -0.1) is 11.3 Å². The van der Waals surface area contributed by atoms with E-state index in [0.29, 0.717) is 60.8 Å². The van der Waals surface area contributed by atoms with Crippen LogP contribution in [0.4, 0.5) is 5.00 Å². The molecular weight excluding hydrogens is 476 g/mol. The van der Waals surface area contributed by atoms with E-state index >= 15 is 0 Å². The van der Waals surface area contributed by atoms with Crippen LogP contribution in [0, 0.1) is 11.3 Å². The average Bonchev–Trinajstić information content (AvgIpc) is 3.26. The monoisotopic (exact) mass is 504 g/mol. The van der Waals surface area contributed by atoms with Crippen molar-refractivity contribution in [1.82, 2.24) is 9.88 Å². The molecule has 0 saturated carbocycles. The van der Waals surface area contributed by atoms with Crippen LogP contribution in [0.1, 0.15) is 40.0 Å². The first-order chi connectivity index (χ1) is 17.5. The van der Waals surface area contributed by atoms with E-state index in [0.717, 1.165) is 21.6 Å². The fourth-order valence-electron chi connectivity index (χ4n) is 4.30. The Hall–Kier alpha value is -3.90. The molecule has 1 aliphatic rings. The molecule has 0 bridgehead atoms. The second-order valence-electron chi connectivity index (χ2n) is 8.47. The first kappa shape index (κ1) is 25.2. The van der Waals surface area contributed by atoms with Crippen LogP contribution in [0.15, 0.2) is 42.7 Å².